The van der Waals surface area contributed by atoms with Crippen LogP contribution in [0.3, 0.4) is 0 Å². The summed E-state index contributed by atoms with van der Waals surface area (Å²) in [6, 6.07) is 4.02. The maximum absolute atomic E-state index is 12.1. The first-order chi connectivity index (χ1) is 10.3. The van der Waals surface area contributed by atoms with Gasteiger partial charge in [0.15, 0.2) is 0 Å². The number of amides is 1. The number of halogens is 1. The summed E-state index contributed by atoms with van der Waals surface area (Å²) in [5, 5.41) is 13.6. The van der Waals surface area contributed by atoms with E-state index in [0.29, 0.717) is 24.1 Å². The second-order valence-corrected chi connectivity index (χ2v) is 6.52. The van der Waals surface area contributed by atoms with Crippen molar-refractivity contribution in [3.8, 4) is 0 Å². The summed E-state index contributed by atoms with van der Waals surface area (Å²) in [7, 11) is 0. The van der Waals surface area contributed by atoms with E-state index in [9.17, 15) is 14.9 Å². The maximum Gasteiger partial charge on any atom is 0.271 e. The molecule has 120 valence electrons. The highest BCUT2D eigenvalue weighted by Crippen LogP contribution is 2.27. The molecule has 0 aromatic heterocycles. The predicted molar refractivity (Wildman–Crippen MR) is 86.1 cm³/mol. The minimum Gasteiger partial charge on any atom is -0.324 e. The van der Waals surface area contributed by atoms with Crippen molar-refractivity contribution in [2.45, 2.75) is 20.3 Å². The van der Waals surface area contributed by atoms with Crippen LogP contribution >= 0.6 is 11.6 Å². The third-order valence-corrected chi connectivity index (χ3v) is 4.06. The van der Waals surface area contributed by atoms with Gasteiger partial charge >= 0.3 is 0 Å². The number of non-ortho nitro benzene ring substituents is 1. The minimum absolute atomic E-state index is 0.0957. The van der Waals surface area contributed by atoms with Gasteiger partial charge in [-0.1, -0.05) is 25.4 Å². The lowest BCUT2D eigenvalue weighted by Gasteiger charge is -2.34. The van der Waals surface area contributed by atoms with E-state index in [1.165, 1.54) is 24.6 Å². The number of nitro groups is 1. The zero-order valence-electron chi connectivity index (χ0n) is 12.7. The molecule has 2 atom stereocenters. The molecule has 1 aromatic rings. The molecular formula is C15H20ClN3O3. The Hall–Kier alpha value is -1.66. The quantitative estimate of drug-likeness (QED) is 0.681. The first-order valence-electron chi connectivity index (χ1n) is 7.31. The van der Waals surface area contributed by atoms with Crippen molar-refractivity contribution in [2.75, 3.05) is 25.0 Å². The highest BCUT2D eigenvalue weighted by atomic mass is 35.5. The zero-order chi connectivity index (χ0) is 16.3. The van der Waals surface area contributed by atoms with E-state index >= 15 is 0 Å². The van der Waals surface area contributed by atoms with Crippen LogP contribution in [-0.4, -0.2) is 35.4 Å². The summed E-state index contributed by atoms with van der Waals surface area (Å²) in [6.45, 7) is 6.50. The Morgan fingerprint density at radius 3 is 2.59 bits per heavy atom. The highest BCUT2D eigenvalue weighted by molar-refractivity contribution is 6.34. The number of carbonyl (C=O) groups is 1. The maximum atomic E-state index is 12.1. The summed E-state index contributed by atoms with van der Waals surface area (Å²) >= 11 is 5.97. The Bertz CT molecular complexity index is 569. The van der Waals surface area contributed by atoms with Crippen molar-refractivity contribution in [3.63, 3.8) is 0 Å². The summed E-state index contributed by atoms with van der Waals surface area (Å²) in [5.74, 6) is 1.01. The lowest BCUT2D eigenvalue weighted by atomic mass is 9.92. The fourth-order valence-electron chi connectivity index (χ4n) is 3.03. The first kappa shape index (κ1) is 16.7. The molecule has 1 aromatic carbocycles. The van der Waals surface area contributed by atoms with Gasteiger partial charge in [0.2, 0.25) is 5.91 Å². The van der Waals surface area contributed by atoms with E-state index in [4.69, 9.17) is 11.6 Å². The molecule has 0 radical (unpaired) electrons. The number of benzene rings is 1. The molecule has 1 heterocycles. The number of hydrogen-bond donors (Lipinski definition) is 1. The number of hydrogen-bond acceptors (Lipinski definition) is 4. The molecule has 6 nitrogen and oxygen atoms in total. The molecule has 0 aliphatic carbocycles. The number of anilines is 1. The molecule has 1 fully saturated rings. The normalized spacial score (nSPS) is 22.3. The van der Waals surface area contributed by atoms with Crippen LogP contribution in [0, 0.1) is 22.0 Å². The molecule has 1 aliphatic rings. The molecule has 7 heteroatoms. The predicted octanol–water partition coefficient (Wildman–Crippen LogP) is 3.16. The molecule has 0 spiro atoms. The molecule has 0 bridgehead atoms. The summed E-state index contributed by atoms with van der Waals surface area (Å²) < 4.78 is 0. The second kappa shape index (κ2) is 7.07. The number of piperidine rings is 1. The Morgan fingerprint density at radius 1 is 1.41 bits per heavy atom. The molecule has 1 N–H and O–H groups in total. The van der Waals surface area contributed by atoms with Crippen LogP contribution in [0.5, 0.6) is 0 Å². The van der Waals surface area contributed by atoms with Crippen molar-refractivity contribution in [1.29, 1.82) is 0 Å². The van der Waals surface area contributed by atoms with Crippen molar-refractivity contribution in [2.24, 2.45) is 11.8 Å². The van der Waals surface area contributed by atoms with Crippen LogP contribution in [0.25, 0.3) is 0 Å². The van der Waals surface area contributed by atoms with Crippen LogP contribution in [0.2, 0.25) is 5.02 Å². The van der Waals surface area contributed by atoms with Crippen LogP contribution in [0.15, 0.2) is 18.2 Å². The molecule has 0 saturated carbocycles. The van der Waals surface area contributed by atoms with Crippen LogP contribution in [0.1, 0.15) is 20.3 Å². The first-order valence-corrected chi connectivity index (χ1v) is 7.69. The molecule has 2 rings (SSSR count). The molecule has 1 aliphatic heterocycles. The van der Waals surface area contributed by atoms with Gasteiger partial charge in [-0.3, -0.25) is 19.8 Å². The molecule has 1 saturated heterocycles. The van der Waals surface area contributed by atoms with Crippen LogP contribution in [-0.2, 0) is 4.79 Å². The Morgan fingerprint density at radius 2 is 2.05 bits per heavy atom. The molecule has 0 unspecified atom stereocenters. The standard InChI is InChI=1S/C15H20ClN3O3/c1-10-5-11(2)8-18(7-10)9-15(20)17-14-4-3-12(19(21)22)6-13(14)16/h3-4,6,10-11H,5,7-9H2,1-2H3,(H,17,20)/t10-,11-/m0/s1. The number of carbonyl (C=O) groups excluding carboxylic acids is 1. The molecular weight excluding hydrogens is 306 g/mol. The average Bonchev–Trinajstić information content (AvgIpc) is 2.39. The Labute approximate surface area is 134 Å². The van der Waals surface area contributed by atoms with E-state index < -0.39 is 4.92 Å². The smallest absolute Gasteiger partial charge is 0.271 e. The van der Waals surface area contributed by atoms with Gasteiger partial charge in [0, 0.05) is 25.2 Å². The number of nitrogens with one attached hydrogen (secondary N) is 1. The third-order valence-electron chi connectivity index (χ3n) is 3.75. The lowest BCUT2D eigenvalue weighted by molar-refractivity contribution is -0.384. The van der Waals surface area contributed by atoms with Crippen molar-refractivity contribution in [1.82, 2.24) is 4.90 Å². The fourth-order valence-corrected chi connectivity index (χ4v) is 3.25. The zero-order valence-corrected chi connectivity index (χ0v) is 13.5. The summed E-state index contributed by atoms with van der Waals surface area (Å²) in [4.78, 5) is 24.4. The van der Waals surface area contributed by atoms with Gasteiger partial charge in [-0.25, -0.2) is 0 Å². The number of nitrogens with zero attached hydrogens (tertiary/aromatic N) is 2. The topological polar surface area (TPSA) is 75.5 Å². The fraction of sp³-hybridized carbons (Fsp3) is 0.533. The summed E-state index contributed by atoms with van der Waals surface area (Å²) in [6.07, 6.45) is 1.19. The Balaban J connectivity index is 1.96. The van der Waals surface area contributed by atoms with Gasteiger partial charge in [0.05, 0.1) is 22.2 Å². The van der Waals surface area contributed by atoms with Crippen LogP contribution < -0.4 is 5.32 Å². The van der Waals surface area contributed by atoms with Gasteiger partial charge in [0.25, 0.3) is 5.69 Å². The summed E-state index contributed by atoms with van der Waals surface area (Å²) in [5.41, 5.74) is 0.303. The van der Waals surface area contributed by atoms with Gasteiger partial charge in [-0.15, -0.1) is 0 Å². The van der Waals surface area contributed by atoms with E-state index in [2.05, 4.69) is 24.1 Å². The largest absolute Gasteiger partial charge is 0.324 e. The number of nitro benzene ring substituents is 1. The van der Waals surface area contributed by atoms with Gasteiger partial charge < -0.3 is 5.32 Å². The van der Waals surface area contributed by atoms with E-state index in [-0.39, 0.29) is 16.6 Å². The van der Waals surface area contributed by atoms with Crippen LogP contribution in [0.4, 0.5) is 11.4 Å². The number of rotatable bonds is 4. The lowest BCUT2D eigenvalue weighted by Crippen LogP contribution is -2.42. The van der Waals surface area contributed by atoms with Gasteiger partial charge in [0.1, 0.15) is 0 Å². The highest BCUT2D eigenvalue weighted by Gasteiger charge is 2.23. The van der Waals surface area contributed by atoms with E-state index in [0.717, 1.165) is 13.1 Å². The Kier molecular flexibility index (Phi) is 5.37. The average molecular weight is 326 g/mol. The SMILES string of the molecule is C[C@H]1C[C@H](C)CN(CC(=O)Nc2ccc([N+](=O)[O-])cc2Cl)C1. The van der Waals surface area contributed by atoms with E-state index in [1.807, 2.05) is 0 Å². The van der Waals surface area contributed by atoms with Crippen molar-refractivity contribution in [3.05, 3.63) is 33.3 Å². The second-order valence-electron chi connectivity index (χ2n) is 6.11. The molecule has 22 heavy (non-hydrogen) atoms. The molecule has 1 amide bonds. The number of likely N-dealkylation sites (tertiary alicyclic amines) is 1. The van der Waals surface area contributed by atoms with Crippen molar-refractivity contribution >= 4 is 28.9 Å². The van der Waals surface area contributed by atoms with Crippen molar-refractivity contribution < 1.29 is 9.72 Å². The minimum atomic E-state index is -0.520. The van der Waals surface area contributed by atoms with E-state index in [1.54, 1.807) is 0 Å². The monoisotopic (exact) mass is 325 g/mol. The third kappa shape index (κ3) is 4.42. The van der Waals surface area contributed by atoms with Gasteiger partial charge in [-0.05, 0) is 24.3 Å². The van der Waals surface area contributed by atoms with Gasteiger partial charge in [-0.2, -0.15) is 0 Å².